The van der Waals surface area contributed by atoms with Gasteiger partial charge in [-0.25, -0.2) is 4.99 Å². The number of benzene rings is 2. The number of para-hydroxylation sites is 1. The van der Waals surface area contributed by atoms with Crippen LogP contribution in [0.15, 0.2) is 47.5 Å². The molecule has 3 aliphatic heterocycles. The lowest BCUT2D eigenvalue weighted by Gasteiger charge is -2.35. The SMILES string of the molecule is O=C(CN1CC[C@@H](O)C1)[C@@H]1CN(C2=Nc3cc(Cl)ccc3Oc3ccccc32)CCN1. The Morgan fingerprint density at radius 3 is 2.90 bits per heavy atom. The zero-order valence-corrected chi connectivity index (χ0v) is 17.9. The predicted molar refractivity (Wildman–Crippen MR) is 120 cm³/mol. The van der Waals surface area contributed by atoms with Crippen LogP contribution in [0.4, 0.5) is 5.69 Å². The highest BCUT2D eigenvalue weighted by molar-refractivity contribution is 6.31. The summed E-state index contributed by atoms with van der Waals surface area (Å²) in [7, 11) is 0. The molecule has 8 heteroatoms. The number of Topliss-reactive ketones (excluding diaryl/α,β-unsaturated/α-hetero) is 1. The van der Waals surface area contributed by atoms with Gasteiger partial charge in [-0.2, -0.15) is 0 Å². The molecule has 3 heterocycles. The maximum atomic E-state index is 13.0. The van der Waals surface area contributed by atoms with Crippen molar-refractivity contribution in [1.29, 1.82) is 0 Å². The van der Waals surface area contributed by atoms with E-state index >= 15 is 0 Å². The maximum absolute atomic E-state index is 13.0. The molecule has 0 bridgehead atoms. The molecular formula is C23H25ClN4O3. The van der Waals surface area contributed by atoms with Gasteiger partial charge in [-0.3, -0.25) is 9.69 Å². The number of hydrogen-bond donors (Lipinski definition) is 2. The summed E-state index contributed by atoms with van der Waals surface area (Å²) >= 11 is 6.22. The van der Waals surface area contributed by atoms with Gasteiger partial charge in [0.05, 0.1) is 24.3 Å². The minimum Gasteiger partial charge on any atom is -0.454 e. The molecule has 0 spiro atoms. The third kappa shape index (κ3) is 4.32. The Morgan fingerprint density at radius 2 is 2.06 bits per heavy atom. The normalized spacial score (nSPS) is 23.4. The Kier molecular flexibility index (Phi) is 5.67. The molecule has 2 atom stereocenters. The van der Waals surface area contributed by atoms with Crippen molar-refractivity contribution in [3.63, 3.8) is 0 Å². The molecule has 7 nitrogen and oxygen atoms in total. The molecule has 2 aromatic rings. The Hall–Kier alpha value is -2.45. The molecule has 2 fully saturated rings. The first-order valence-corrected chi connectivity index (χ1v) is 11.0. The Bertz CT molecular complexity index is 1030. The van der Waals surface area contributed by atoms with Gasteiger partial charge in [0.15, 0.2) is 11.5 Å². The van der Waals surface area contributed by atoms with Crippen molar-refractivity contribution < 1.29 is 14.6 Å². The van der Waals surface area contributed by atoms with Crippen molar-refractivity contribution in [2.24, 2.45) is 4.99 Å². The van der Waals surface area contributed by atoms with Crippen LogP contribution in [-0.2, 0) is 4.79 Å². The number of halogens is 1. The van der Waals surface area contributed by atoms with Gasteiger partial charge >= 0.3 is 0 Å². The molecule has 2 aromatic carbocycles. The molecule has 31 heavy (non-hydrogen) atoms. The van der Waals surface area contributed by atoms with Gasteiger partial charge in [0.25, 0.3) is 0 Å². The second-order valence-electron chi connectivity index (χ2n) is 8.24. The number of aliphatic imine (C=N–C) groups is 1. The monoisotopic (exact) mass is 440 g/mol. The third-order valence-corrected chi connectivity index (χ3v) is 6.22. The van der Waals surface area contributed by atoms with Gasteiger partial charge in [-0.1, -0.05) is 23.7 Å². The first-order chi connectivity index (χ1) is 15.1. The van der Waals surface area contributed by atoms with E-state index < -0.39 is 0 Å². The van der Waals surface area contributed by atoms with Gasteiger partial charge in [0, 0.05) is 37.7 Å². The van der Waals surface area contributed by atoms with E-state index in [-0.39, 0.29) is 17.9 Å². The van der Waals surface area contributed by atoms with E-state index in [2.05, 4.69) is 10.2 Å². The molecule has 2 N–H and O–H groups in total. The number of hydrogen-bond acceptors (Lipinski definition) is 7. The molecule has 162 valence electrons. The zero-order valence-electron chi connectivity index (χ0n) is 17.1. The van der Waals surface area contributed by atoms with Crippen molar-refractivity contribution in [3.8, 4) is 11.5 Å². The second-order valence-corrected chi connectivity index (χ2v) is 8.68. The Balaban J connectivity index is 1.41. The van der Waals surface area contributed by atoms with Gasteiger partial charge in [-0.15, -0.1) is 0 Å². The molecule has 0 amide bonds. The number of nitrogens with zero attached hydrogens (tertiary/aromatic N) is 3. The first kappa shape index (κ1) is 20.5. The highest BCUT2D eigenvalue weighted by Gasteiger charge is 2.32. The lowest BCUT2D eigenvalue weighted by atomic mass is 10.1. The van der Waals surface area contributed by atoms with Crippen LogP contribution in [0.5, 0.6) is 11.5 Å². The summed E-state index contributed by atoms with van der Waals surface area (Å²) in [5, 5.41) is 13.7. The van der Waals surface area contributed by atoms with E-state index in [4.69, 9.17) is 21.3 Å². The fourth-order valence-corrected chi connectivity index (χ4v) is 4.55. The van der Waals surface area contributed by atoms with Gasteiger partial charge in [0.1, 0.15) is 17.3 Å². The minimum absolute atomic E-state index is 0.140. The minimum atomic E-state index is -0.327. The number of nitrogens with one attached hydrogen (secondary N) is 1. The fraction of sp³-hybridized carbons (Fsp3) is 0.391. The maximum Gasteiger partial charge on any atom is 0.165 e. The standard InChI is InChI=1S/C23H25ClN4O3/c24-15-5-6-22-18(11-15)26-23(17-3-1-2-4-21(17)31-22)28-10-8-25-19(13-28)20(30)14-27-9-7-16(29)12-27/h1-6,11,16,19,25,29H,7-10,12-14H2/t16-,19+/m1/s1. The van der Waals surface area contributed by atoms with Gasteiger partial charge in [-0.05, 0) is 36.8 Å². The molecule has 0 saturated carbocycles. The highest BCUT2D eigenvalue weighted by Crippen LogP contribution is 2.39. The number of β-amino-alcohol motifs (C(OH)–C–C–N with tert-alkyl or cyclic N) is 1. The number of carbonyl (C=O) groups is 1. The molecule has 0 aliphatic carbocycles. The van der Waals surface area contributed by atoms with E-state index in [1.54, 1.807) is 12.1 Å². The summed E-state index contributed by atoms with van der Waals surface area (Å²) < 4.78 is 6.14. The van der Waals surface area contributed by atoms with Crippen LogP contribution < -0.4 is 10.1 Å². The smallest absolute Gasteiger partial charge is 0.165 e. The predicted octanol–water partition coefficient (Wildman–Crippen LogP) is 2.43. The van der Waals surface area contributed by atoms with E-state index in [9.17, 15) is 9.90 Å². The van der Waals surface area contributed by atoms with Crippen LogP contribution in [-0.4, -0.2) is 77.9 Å². The summed E-state index contributed by atoms with van der Waals surface area (Å²) in [6.07, 6.45) is 0.403. The fourth-order valence-electron chi connectivity index (χ4n) is 4.38. The van der Waals surface area contributed by atoms with Crippen molar-refractivity contribution >= 4 is 28.9 Å². The Labute approximate surface area is 186 Å². The number of ketones is 1. The summed E-state index contributed by atoms with van der Waals surface area (Å²) in [6, 6.07) is 12.9. The topological polar surface area (TPSA) is 77.4 Å². The Morgan fingerprint density at radius 1 is 1.19 bits per heavy atom. The number of amidine groups is 1. The van der Waals surface area contributed by atoms with Crippen molar-refractivity contribution in [2.75, 3.05) is 39.3 Å². The lowest BCUT2D eigenvalue weighted by Crippen LogP contribution is -2.57. The van der Waals surface area contributed by atoms with Gasteiger partial charge in [0.2, 0.25) is 0 Å². The number of ether oxygens (including phenoxy) is 1. The first-order valence-electron chi connectivity index (χ1n) is 10.6. The number of fused-ring (bicyclic) bond motifs is 2. The largest absolute Gasteiger partial charge is 0.454 e. The summed E-state index contributed by atoms with van der Waals surface area (Å²) in [5.74, 6) is 2.31. The highest BCUT2D eigenvalue weighted by atomic mass is 35.5. The van der Waals surface area contributed by atoms with Crippen LogP contribution in [0.2, 0.25) is 5.02 Å². The quantitative estimate of drug-likeness (QED) is 0.763. The van der Waals surface area contributed by atoms with Crippen LogP contribution in [0.1, 0.15) is 12.0 Å². The van der Waals surface area contributed by atoms with Gasteiger partial charge < -0.3 is 20.1 Å². The van der Waals surface area contributed by atoms with E-state index in [1.807, 2.05) is 35.2 Å². The molecular weight excluding hydrogens is 416 g/mol. The van der Waals surface area contributed by atoms with E-state index in [0.29, 0.717) is 42.6 Å². The molecule has 0 aromatic heterocycles. The summed E-state index contributed by atoms with van der Waals surface area (Å²) in [5.41, 5.74) is 1.57. The lowest BCUT2D eigenvalue weighted by molar-refractivity contribution is -0.122. The third-order valence-electron chi connectivity index (χ3n) is 5.99. The average molecular weight is 441 g/mol. The van der Waals surface area contributed by atoms with Crippen molar-refractivity contribution in [3.05, 3.63) is 53.1 Å². The molecule has 2 saturated heterocycles. The molecule has 3 aliphatic rings. The van der Waals surface area contributed by atoms with E-state index in [0.717, 1.165) is 36.7 Å². The number of piperazine rings is 1. The zero-order chi connectivity index (χ0) is 21.4. The van der Waals surface area contributed by atoms with Crippen LogP contribution in [0.25, 0.3) is 0 Å². The van der Waals surface area contributed by atoms with Crippen LogP contribution >= 0.6 is 11.6 Å². The number of carbonyl (C=O) groups excluding carboxylic acids is 1. The molecule has 5 rings (SSSR count). The molecule has 0 unspecified atom stereocenters. The van der Waals surface area contributed by atoms with E-state index in [1.165, 1.54) is 0 Å². The molecule has 0 radical (unpaired) electrons. The van der Waals surface area contributed by atoms with Crippen LogP contribution in [0, 0.1) is 0 Å². The summed E-state index contributed by atoms with van der Waals surface area (Å²) in [4.78, 5) is 22.0. The number of aliphatic hydroxyl groups is 1. The van der Waals surface area contributed by atoms with Crippen molar-refractivity contribution in [2.45, 2.75) is 18.6 Å². The number of aliphatic hydroxyl groups excluding tert-OH is 1. The average Bonchev–Trinajstić information content (AvgIpc) is 3.10. The second kappa shape index (κ2) is 8.59. The number of rotatable bonds is 3. The van der Waals surface area contributed by atoms with Crippen molar-refractivity contribution in [1.82, 2.24) is 15.1 Å². The van der Waals surface area contributed by atoms with Crippen LogP contribution in [0.3, 0.4) is 0 Å². The number of likely N-dealkylation sites (tertiary alicyclic amines) is 1. The summed E-state index contributed by atoms with van der Waals surface area (Å²) in [6.45, 7) is 3.62.